The van der Waals surface area contributed by atoms with Crippen molar-refractivity contribution in [1.29, 1.82) is 0 Å². The second kappa shape index (κ2) is 4.73. The lowest BCUT2D eigenvalue weighted by Gasteiger charge is -2.30. The Kier molecular flexibility index (Phi) is 3.52. The van der Waals surface area contributed by atoms with Crippen LogP contribution in [0.15, 0.2) is 16.6 Å². The minimum atomic E-state index is -0.0785. The second-order valence-electron chi connectivity index (χ2n) is 3.75. The Bertz CT molecular complexity index is 436. The third-order valence-corrected chi connectivity index (χ3v) is 3.43. The van der Waals surface area contributed by atoms with Crippen LogP contribution in [0.4, 0.5) is 5.69 Å². The summed E-state index contributed by atoms with van der Waals surface area (Å²) >= 11 is 9.58. The van der Waals surface area contributed by atoms with Crippen molar-refractivity contribution in [1.82, 2.24) is 0 Å². The summed E-state index contributed by atoms with van der Waals surface area (Å²) in [5.74, 6) is -0.0785. The fraction of sp³-hybridized carbons (Fsp3) is 0.364. The number of halogens is 2. The van der Waals surface area contributed by atoms with Crippen LogP contribution in [0.2, 0.25) is 5.02 Å². The van der Waals surface area contributed by atoms with E-state index in [1.807, 2.05) is 12.1 Å². The van der Waals surface area contributed by atoms with Gasteiger partial charge in [0.05, 0.1) is 17.3 Å². The number of fused-ring (bicyclic) bond motifs is 1. The minimum Gasteiger partial charge on any atom is -0.322 e. The maximum absolute atomic E-state index is 11.7. The minimum absolute atomic E-state index is 0.0197. The Balaban J connectivity index is 2.49. The number of nitrogens with zero attached hydrogens (tertiary/aromatic N) is 1. The molecule has 1 aromatic carbocycles. The van der Waals surface area contributed by atoms with Crippen LogP contribution in [0.1, 0.15) is 12.0 Å². The molecule has 2 rings (SSSR count). The Morgan fingerprint density at radius 1 is 1.56 bits per heavy atom. The quantitative estimate of drug-likeness (QED) is 0.865. The van der Waals surface area contributed by atoms with E-state index in [0.29, 0.717) is 11.6 Å². The molecular formula is C11H12BrClN2O. The van der Waals surface area contributed by atoms with Crippen molar-refractivity contribution in [3.05, 3.63) is 27.2 Å². The van der Waals surface area contributed by atoms with E-state index in [1.165, 1.54) is 0 Å². The molecule has 0 bridgehead atoms. The highest BCUT2D eigenvalue weighted by Gasteiger charge is 2.24. The molecule has 3 nitrogen and oxygen atoms in total. The van der Waals surface area contributed by atoms with E-state index >= 15 is 0 Å². The van der Waals surface area contributed by atoms with Gasteiger partial charge in [0.25, 0.3) is 0 Å². The Morgan fingerprint density at radius 3 is 3.00 bits per heavy atom. The molecule has 16 heavy (non-hydrogen) atoms. The number of carbonyl (C=O) groups excluding carboxylic acids is 1. The Hall–Kier alpha value is -0.580. The lowest BCUT2D eigenvalue weighted by atomic mass is 10.0. The Labute approximate surface area is 108 Å². The summed E-state index contributed by atoms with van der Waals surface area (Å²) in [7, 11) is 0. The maximum atomic E-state index is 11.7. The third-order valence-electron chi connectivity index (χ3n) is 2.68. The third kappa shape index (κ3) is 2.10. The van der Waals surface area contributed by atoms with Gasteiger partial charge in [-0.1, -0.05) is 27.5 Å². The van der Waals surface area contributed by atoms with Crippen molar-refractivity contribution in [2.75, 3.05) is 18.0 Å². The molecule has 0 aliphatic carbocycles. The SMILES string of the molecule is NCC(=O)N1CCCc2cc(Br)cc(Cl)c21. The lowest BCUT2D eigenvalue weighted by molar-refractivity contribution is -0.117. The number of aryl methyl sites for hydroxylation is 1. The van der Waals surface area contributed by atoms with E-state index in [0.717, 1.165) is 28.6 Å². The van der Waals surface area contributed by atoms with Crippen LogP contribution in [0.25, 0.3) is 0 Å². The first-order valence-electron chi connectivity index (χ1n) is 5.12. The highest BCUT2D eigenvalue weighted by atomic mass is 79.9. The molecule has 1 amide bonds. The van der Waals surface area contributed by atoms with E-state index in [2.05, 4.69) is 15.9 Å². The predicted molar refractivity (Wildman–Crippen MR) is 68.9 cm³/mol. The summed E-state index contributed by atoms with van der Waals surface area (Å²) in [6, 6.07) is 3.82. The molecule has 1 heterocycles. The Morgan fingerprint density at radius 2 is 2.31 bits per heavy atom. The van der Waals surface area contributed by atoms with Crippen LogP contribution in [0, 0.1) is 0 Å². The lowest BCUT2D eigenvalue weighted by Crippen LogP contribution is -2.39. The number of anilines is 1. The van der Waals surface area contributed by atoms with E-state index in [-0.39, 0.29) is 12.5 Å². The van der Waals surface area contributed by atoms with Crippen LogP contribution in [-0.4, -0.2) is 19.0 Å². The molecule has 0 saturated heterocycles. The van der Waals surface area contributed by atoms with Crippen molar-refractivity contribution in [3.63, 3.8) is 0 Å². The van der Waals surface area contributed by atoms with Crippen LogP contribution < -0.4 is 10.6 Å². The molecular weight excluding hydrogens is 291 g/mol. The number of rotatable bonds is 1. The number of nitrogens with two attached hydrogens (primary N) is 1. The summed E-state index contributed by atoms with van der Waals surface area (Å²) in [6.07, 6.45) is 1.90. The van der Waals surface area contributed by atoms with E-state index < -0.39 is 0 Å². The molecule has 0 fully saturated rings. The number of amides is 1. The second-order valence-corrected chi connectivity index (χ2v) is 5.07. The molecule has 0 unspecified atom stereocenters. The average molecular weight is 304 g/mol. The van der Waals surface area contributed by atoms with Crippen molar-refractivity contribution in [3.8, 4) is 0 Å². The standard InChI is InChI=1S/C11H12BrClN2O/c12-8-4-7-2-1-3-15(10(16)6-14)11(7)9(13)5-8/h4-5H,1-3,6,14H2. The summed E-state index contributed by atoms with van der Waals surface area (Å²) in [6.45, 7) is 0.718. The van der Waals surface area contributed by atoms with Crippen molar-refractivity contribution < 1.29 is 4.79 Å². The van der Waals surface area contributed by atoms with Gasteiger partial charge in [-0.2, -0.15) is 0 Å². The molecule has 0 saturated carbocycles. The van der Waals surface area contributed by atoms with E-state index in [9.17, 15) is 4.79 Å². The maximum Gasteiger partial charge on any atom is 0.240 e. The fourth-order valence-electron chi connectivity index (χ4n) is 2.01. The van der Waals surface area contributed by atoms with Crippen LogP contribution in [0.5, 0.6) is 0 Å². The van der Waals surface area contributed by atoms with Gasteiger partial charge in [-0.25, -0.2) is 0 Å². The summed E-state index contributed by atoms with van der Waals surface area (Å²) < 4.78 is 0.943. The zero-order valence-corrected chi connectivity index (χ0v) is 11.0. The van der Waals surface area contributed by atoms with Crippen molar-refractivity contribution in [2.24, 2.45) is 5.73 Å². The van der Waals surface area contributed by atoms with Gasteiger partial charge in [0, 0.05) is 11.0 Å². The summed E-state index contributed by atoms with van der Waals surface area (Å²) in [5, 5.41) is 0.603. The van der Waals surface area contributed by atoms with Gasteiger partial charge in [-0.15, -0.1) is 0 Å². The molecule has 1 aliphatic heterocycles. The zero-order valence-electron chi connectivity index (χ0n) is 8.67. The molecule has 1 aliphatic rings. The highest BCUT2D eigenvalue weighted by molar-refractivity contribution is 9.10. The molecule has 5 heteroatoms. The van der Waals surface area contributed by atoms with Gasteiger partial charge >= 0.3 is 0 Å². The smallest absolute Gasteiger partial charge is 0.240 e. The largest absolute Gasteiger partial charge is 0.322 e. The van der Waals surface area contributed by atoms with Crippen molar-refractivity contribution in [2.45, 2.75) is 12.8 Å². The number of carbonyl (C=O) groups is 1. The molecule has 2 N–H and O–H groups in total. The summed E-state index contributed by atoms with van der Waals surface area (Å²) in [4.78, 5) is 13.4. The molecule has 0 spiro atoms. The van der Waals surface area contributed by atoms with E-state index in [4.69, 9.17) is 17.3 Å². The van der Waals surface area contributed by atoms with Gasteiger partial charge in [-0.05, 0) is 30.5 Å². The van der Waals surface area contributed by atoms with Gasteiger partial charge in [0.1, 0.15) is 0 Å². The summed E-state index contributed by atoms with van der Waals surface area (Å²) in [5.41, 5.74) is 7.33. The first-order valence-corrected chi connectivity index (χ1v) is 6.29. The van der Waals surface area contributed by atoms with Gasteiger partial charge in [0.2, 0.25) is 5.91 Å². The first kappa shape index (κ1) is 11.9. The number of benzene rings is 1. The van der Waals surface area contributed by atoms with Crippen LogP contribution >= 0.6 is 27.5 Å². The molecule has 0 aromatic heterocycles. The van der Waals surface area contributed by atoms with Crippen LogP contribution in [-0.2, 0) is 11.2 Å². The molecule has 0 radical (unpaired) electrons. The number of hydrogen-bond acceptors (Lipinski definition) is 2. The van der Waals surface area contributed by atoms with Gasteiger partial charge < -0.3 is 10.6 Å². The fourth-order valence-corrected chi connectivity index (χ4v) is 2.99. The first-order chi connectivity index (χ1) is 7.63. The monoisotopic (exact) mass is 302 g/mol. The number of hydrogen-bond donors (Lipinski definition) is 1. The normalized spacial score (nSPS) is 14.8. The van der Waals surface area contributed by atoms with Gasteiger partial charge in [0.15, 0.2) is 0 Å². The molecule has 0 atom stereocenters. The van der Waals surface area contributed by atoms with E-state index in [1.54, 1.807) is 4.90 Å². The van der Waals surface area contributed by atoms with Crippen molar-refractivity contribution >= 4 is 39.1 Å². The predicted octanol–water partition coefficient (Wildman–Crippen LogP) is 2.34. The van der Waals surface area contributed by atoms with Crippen LogP contribution in [0.3, 0.4) is 0 Å². The highest BCUT2D eigenvalue weighted by Crippen LogP contribution is 2.36. The zero-order chi connectivity index (χ0) is 11.7. The average Bonchev–Trinajstić information content (AvgIpc) is 2.26. The molecule has 86 valence electrons. The topological polar surface area (TPSA) is 46.3 Å². The van der Waals surface area contributed by atoms with Gasteiger partial charge in [-0.3, -0.25) is 4.79 Å². The molecule has 1 aromatic rings.